The number of hydrogen-bond acceptors (Lipinski definition) is 4. The molecule has 88 valence electrons. The molecule has 0 bridgehead atoms. The van der Waals surface area contributed by atoms with Crippen LogP contribution in [0.25, 0.3) is 0 Å². The molecule has 0 aliphatic heterocycles. The Bertz CT molecular complexity index is 474. The summed E-state index contributed by atoms with van der Waals surface area (Å²) in [5, 5.41) is 0. The van der Waals surface area contributed by atoms with Gasteiger partial charge in [-0.15, -0.1) is 0 Å². The zero-order valence-electron chi connectivity index (χ0n) is 9.43. The number of ketones is 1. The molecule has 0 aliphatic rings. The Balaban J connectivity index is 3.17. The van der Waals surface area contributed by atoms with E-state index in [1.165, 1.54) is 13.8 Å². The Hall–Kier alpha value is -1.20. The van der Waals surface area contributed by atoms with E-state index in [9.17, 15) is 13.2 Å². The highest BCUT2D eigenvalue weighted by molar-refractivity contribution is 7.89. The van der Waals surface area contributed by atoms with Crippen LogP contribution in [-0.2, 0) is 14.3 Å². The van der Waals surface area contributed by atoms with Crippen LogP contribution in [-0.4, -0.2) is 26.1 Å². The molecule has 0 N–H and O–H groups in total. The molecule has 0 fully saturated rings. The highest BCUT2D eigenvalue weighted by Crippen LogP contribution is 2.23. The van der Waals surface area contributed by atoms with Crippen molar-refractivity contribution in [3.63, 3.8) is 0 Å². The lowest BCUT2D eigenvalue weighted by Crippen LogP contribution is -2.41. The molecule has 1 aromatic rings. The summed E-state index contributed by atoms with van der Waals surface area (Å²) in [6, 6.07) is 8.28. The van der Waals surface area contributed by atoms with Crippen molar-refractivity contribution in [1.82, 2.24) is 0 Å². The summed E-state index contributed by atoms with van der Waals surface area (Å²) in [5.41, 5.74) is 0.355. The molecule has 0 spiro atoms. The maximum Gasteiger partial charge on any atom is 0.279 e. The van der Waals surface area contributed by atoms with Crippen LogP contribution >= 0.6 is 0 Å². The van der Waals surface area contributed by atoms with Crippen molar-refractivity contribution in [3.05, 3.63) is 35.9 Å². The second-order valence-electron chi connectivity index (χ2n) is 3.83. The van der Waals surface area contributed by atoms with Gasteiger partial charge in [0.25, 0.3) is 10.1 Å². The van der Waals surface area contributed by atoms with Gasteiger partial charge in [-0.05, 0) is 13.8 Å². The van der Waals surface area contributed by atoms with E-state index >= 15 is 0 Å². The van der Waals surface area contributed by atoms with Crippen molar-refractivity contribution in [2.45, 2.75) is 18.6 Å². The Morgan fingerprint density at radius 2 is 1.69 bits per heavy atom. The third kappa shape index (κ3) is 2.15. The molecule has 0 aromatic heterocycles. The Labute approximate surface area is 95.4 Å². The monoisotopic (exact) mass is 242 g/mol. The summed E-state index contributed by atoms with van der Waals surface area (Å²) in [5.74, 6) is -0.477. The minimum absolute atomic E-state index is 0.355. The zero-order chi connectivity index (χ0) is 12.4. The summed E-state index contributed by atoms with van der Waals surface area (Å²) in [6.07, 6.45) is 0. The number of hydrogen-bond donors (Lipinski definition) is 0. The first-order valence-electron chi connectivity index (χ1n) is 4.73. The first kappa shape index (κ1) is 12.9. The fourth-order valence-electron chi connectivity index (χ4n) is 1.26. The van der Waals surface area contributed by atoms with E-state index in [0.717, 1.165) is 7.11 Å². The summed E-state index contributed by atoms with van der Waals surface area (Å²) in [6.45, 7) is 2.67. The molecular formula is C11H14O4S. The van der Waals surface area contributed by atoms with Gasteiger partial charge in [0.15, 0.2) is 10.5 Å². The smallest absolute Gasteiger partial charge is 0.279 e. The van der Waals surface area contributed by atoms with Gasteiger partial charge in [-0.1, -0.05) is 30.3 Å². The van der Waals surface area contributed by atoms with Gasteiger partial charge in [-0.3, -0.25) is 8.98 Å². The van der Waals surface area contributed by atoms with E-state index in [4.69, 9.17) is 0 Å². The molecule has 0 aliphatic carbocycles. The van der Waals surface area contributed by atoms with Crippen LogP contribution < -0.4 is 0 Å². The summed E-state index contributed by atoms with van der Waals surface area (Å²) >= 11 is 0. The molecule has 0 amide bonds. The highest BCUT2D eigenvalue weighted by Gasteiger charge is 2.42. The van der Waals surface area contributed by atoms with Gasteiger partial charge in [0.05, 0.1) is 7.11 Å². The summed E-state index contributed by atoms with van der Waals surface area (Å²) in [7, 11) is -2.84. The van der Waals surface area contributed by atoms with Crippen LogP contribution in [0.5, 0.6) is 0 Å². The average molecular weight is 242 g/mol. The van der Waals surface area contributed by atoms with Crippen LogP contribution in [0.2, 0.25) is 0 Å². The fourth-order valence-corrected chi connectivity index (χ4v) is 2.02. The maximum absolute atomic E-state index is 12.0. The molecule has 0 saturated heterocycles. The molecule has 0 atom stereocenters. The van der Waals surface area contributed by atoms with Crippen LogP contribution in [0.4, 0.5) is 0 Å². The Morgan fingerprint density at radius 1 is 1.19 bits per heavy atom. The van der Waals surface area contributed by atoms with Crippen molar-refractivity contribution < 1.29 is 17.4 Å². The number of carbonyl (C=O) groups excluding carboxylic acids is 1. The number of Topliss-reactive ketones (excluding diaryl/α,β-unsaturated/α-hetero) is 1. The molecule has 1 rings (SSSR count). The van der Waals surface area contributed by atoms with Crippen molar-refractivity contribution in [2.24, 2.45) is 0 Å². The van der Waals surface area contributed by atoms with E-state index in [0.29, 0.717) is 5.56 Å². The fraction of sp³-hybridized carbons (Fsp3) is 0.364. The second kappa shape index (κ2) is 4.35. The molecular weight excluding hydrogens is 228 g/mol. The normalized spacial score (nSPS) is 12.4. The second-order valence-corrected chi connectivity index (χ2v) is 6.09. The Kier molecular flexibility index (Phi) is 3.50. The van der Waals surface area contributed by atoms with Gasteiger partial charge in [-0.2, -0.15) is 8.42 Å². The Morgan fingerprint density at radius 3 is 2.12 bits per heavy atom. The molecule has 0 heterocycles. The topological polar surface area (TPSA) is 60.4 Å². The SMILES string of the molecule is COS(=O)(=O)C(C)(C)C(=O)c1ccccc1. The summed E-state index contributed by atoms with van der Waals surface area (Å²) < 4.78 is 26.0. The van der Waals surface area contributed by atoms with E-state index in [-0.39, 0.29) is 0 Å². The van der Waals surface area contributed by atoms with Gasteiger partial charge >= 0.3 is 0 Å². The number of benzene rings is 1. The van der Waals surface area contributed by atoms with Crippen LogP contribution in [0, 0.1) is 0 Å². The van der Waals surface area contributed by atoms with Gasteiger partial charge in [-0.25, -0.2) is 0 Å². The maximum atomic E-state index is 12.0. The van der Waals surface area contributed by atoms with E-state index in [1.54, 1.807) is 30.3 Å². The molecule has 4 nitrogen and oxygen atoms in total. The zero-order valence-corrected chi connectivity index (χ0v) is 10.2. The summed E-state index contributed by atoms with van der Waals surface area (Å²) in [4.78, 5) is 12.0. The minimum atomic E-state index is -3.89. The molecule has 0 unspecified atom stereocenters. The standard InChI is InChI=1S/C11H14O4S/c1-11(2,16(13,14)15-3)10(12)9-7-5-4-6-8-9/h4-8H,1-3H3. The first-order valence-corrected chi connectivity index (χ1v) is 6.14. The highest BCUT2D eigenvalue weighted by atomic mass is 32.2. The van der Waals surface area contributed by atoms with Crippen LogP contribution in [0.15, 0.2) is 30.3 Å². The molecule has 5 heteroatoms. The van der Waals surface area contributed by atoms with Crippen molar-refractivity contribution in [2.75, 3.05) is 7.11 Å². The third-order valence-electron chi connectivity index (χ3n) is 2.43. The van der Waals surface area contributed by atoms with Crippen molar-refractivity contribution in [1.29, 1.82) is 0 Å². The lowest BCUT2D eigenvalue weighted by atomic mass is 10.0. The number of carbonyl (C=O) groups is 1. The van der Waals surface area contributed by atoms with Gasteiger partial charge in [0.2, 0.25) is 0 Å². The largest absolute Gasteiger partial charge is 0.292 e. The van der Waals surface area contributed by atoms with Crippen LogP contribution in [0.3, 0.4) is 0 Å². The van der Waals surface area contributed by atoms with Crippen molar-refractivity contribution in [3.8, 4) is 0 Å². The average Bonchev–Trinajstić information content (AvgIpc) is 2.29. The molecule has 0 radical (unpaired) electrons. The van der Waals surface area contributed by atoms with E-state index in [2.05, 4.69) is 4.18 Å². The van der Waals surface area contributed by atoms with Gasteiger partial charge in [0, 0.05) is 5.56 Å². The van der Waals surface area contributed by atoms with E-state index in [1.807, 2.05) is 0 Å². The predicted molar refractivity (Wildman–Crippen MR) is 60.8 cm³/mol. The molecule has 16 heavy (non-hydrogen) atoms. The van der Waals surface area contributed by atoms with Gasteiger partial charge < -0.3 is 0 Å². The van der Waals surface area contributed by atoms with Crippen molar-refractivity contribution >= 4 is 15.9 Å². The number of rotatable bonds is 4. The lowest BCUT2D eigenvalue weighted by molar-refractivity contribution is 0.0948. The van der Waals surface area contributed by atoms with E-state index < -0.39 is 20.6 Å². The molecule has 0 saturated carbocycles. The third-order valence-corrected chi connectivity index (χ3v) is 4.30. The predicted octanol–water partition coefficient (Wildman–Crippen LogP) is 1.62. The first-order chi connectivity index (χ1) is 7.33. The molecule has 1 aromatic carbocycles. The van der Waals surface area contributed by atoms with Gasteiger partial charge in [0.1, 0.15) is 0 Å². The quantitative estimate of drug-likeness (QED) is 0.594. The van der Waals surface area contributed by atoms with Crippen LogP contribution in [0.1, 0.15) is 24.2 Å². The lowest BCUT2D eigenvalue weighted by Gasteiger charge is -2.21. The minimum Gasteiger partial charge on any atom is -0.292 e.